The molecular weight excluding hydrogens is 368 g/mol. The maximum absolute atomic E-state index is 13.0. The van der Waals surface area contributed by atoms with Crippen molar-refractivity contribution in [3.8, 4) is 11.5 Å². The summed E-state index contributed by atoms with van der Waals surface area (Å²) in [6.45, 7) is 8.46. The van der Waals surface area contributed by atoms with E-state index in [0.717, 1.165) is 69.4 Å². The first-order valence-electron chi connectivity index (χ1n) is 10.6. The van der Waals surface area contributed by atoms with E-state index in [1.54, 1.807) is 0 Å². The number of nitrogens with zero attached hydrogens (tertiary/aromatic N) is 4. The molecule has 0 bridgehead atoms. The predicted molar refractivity (Wildman–Crippen MR) is 108 cm³/mol. The fraction of sp³-hybridized carbons (Fsp3) is 0.545. The number of ether oxygens (including phenoxy) is 2. The van der Waals surface area contributed by atoms with E-state index in [4.69, 9.17) is 9.47 Å². The van der Waals surface area contributed by atoms with E-state index in [9.17, 15) is 4.79 Å². The van der Waals surface area contributed by atoms with Gasteiger partial charge in [0.15, 0.2) is 11.5 Å². The van der Waals surface area contributed by atoms with Crippen LogP contribution in [0.1, 0.15) is 23.5 Å². The second-order valence-electron chi connectivity index (χ2n) is 8.22. The van der Waals surface area contributed by atoms with Gasteiger partial charge < -0.3 is 18.9 Å². The molecule has 0 aliphatic carbocycles. The first-order valence-corrected chi connectivity index (χ1v) is 10.6. The summed E-state index contributed by atoms with van der Waals surface area (Å²) in [6.07, 6.45) is 3.66. The lowest BCUT2D eigenvalue weighted by Gasteiger charge is -2.37. The molecule has 1 fully saturated rings. The molecule has 2 aromatic rings. The van der Waals surface area contributed by atoms with Crippen LogP contribution in [-0.4, -0.2) is 64.7 Å². The number of hydrogen-bond acceptors (Lipinski definition) is 5. The van der Waals surface area contributed by atoms with E-state index < -0.39 is 0 Å². The standard InChI is InChI=1S/C22H28N4O3/c1-16-23-14-19-13-18(4-5-26(16)19)22(27)25-8-6-24(7-9-25)15-17-2-3-20-21(12-17)29-11-10-28-20/h2-3,12,14,18H,4-11,13,15H2,1H3. The first-order chi connectivity index (χ1) is 14.2. The Morgan fingerprint density at radius 3 is 2.72 bits per heavy atom. The van der Waals surface area contributed by atoms with Crippen LogP contribution in [0.15, 0.2) is 24.4 Å². The van der Waals surface area contributed by atoms with Gasteiger partial charge in [-0.15, -0.1) is 0 Å². The zero-order valence-electron chi connectivity index (χ0n) is 17.0. The Morgan fingerprint density at radius 1 is 1.10 bits per heavy atom. The Morgan fingerprint density at radius 2 is 1.90 bits per heavy atom. The van der Waals surface area contributed by atoms with Crippen molar-refractivity contribution in [3.05, 3.63) is 41.5 Å². The Labute approximate surface area is 171 Å². The second-order valence-corrected chi connectivity index (χ2v) is 8.22. The number of aromatic nitrogens is 2. The van der Waals surface area contributed by atoms with Gasteiger partial charge in [0, 0.05) is 63.5 Å². The van der Waals surface area contributed by atoms with Crippen LogP contribution in [0.3, 0.4) is 0 Å². The van der Waals surface area contributed by atoms with Gasteiger partial charge >= 0.3 is 0 Å². The number of aryl methyl sites for hydroxylation is 1. The van der Waals surface area contributed by atoms with Crippen LogP contribution >= 0.6 is 0 Å². The minimum absolute atomic E-state index is 0.0999. The third-order valence-corrected chi connectivity index (χ3v) is 6.34. The molecule has 7 nitrogen and oxygen atoms in total. The highest BCUT2D eigenvalue weighted by Crippen LogP contribution is 2.31. The first kappa shape index (κ1) is 18.5. The Hall–Kier alpha value is -2.54. The molecule has 4 heterocycles. The third-order valence-electron chi connectivity index (χ3n) is 6.34. The summed E-state index contributed by atoms with van der Waals surface area (Å²) in [6, 6.07) is 6.19. The van der Waals surface area contributed by atoms with Crippen molar-refractivity contribution in [3.63, 3.8) is 0 Å². The molecule has 5 rings (SSSR count). The molecule has 1 unspecified atom stereocenters. The van der Waals surface area contributed by atoms with Crippen molar-refractivity contribution in [2.75, 3.05) is 39.4 Å². The molecule has 29 heavy (non-hydrogen) atoms. The molecule has 0 saturated carbocycles. The van der Waals surface area contributed by atoms with Crippen LogP contribution in [0.4, 0.5) is 0 Å². The molecule has 1 atom stereocenters. The van der Waals surface area contributed by atoms with Crippen LogP contribution in [-0.2, 0) is 24.3 Å². The maximum Gasteiger partial charge on any atom is 0.226 e. The molecule has 1 saturated heterocycles. The van der Waals surface area contributed by atoms with Crippen molar-refractivity contribution >= 4 is 5.91 Å². The molecule has 1 aromatic heterocycles. The molecule has 7 heteroatoms. The lowest BCUT2D eigenvalue weighted by Crippen LogP contribution is -2.50. The van der Waals surface area contributed by atoms with Crippen molar-refractivity contribution < 1.29 is 14.3 Å². The zero-order chi connectivity index (χ0) is 19.8. The van der Waals surface area contributed by atoms with Crippen LogP contribution < -0.4 is 9.47 Å². The van der Waals surface area contributed by atoms with Crippen LogP contribution in [0, 0.1) is 12.8 Å². The fourth-order valence-corrected chi connectivity index (χ4v) is 4.66. The second kappa shape index (κ2) is 7.71. The summed E-state index contributed by atoms with van der Waals surface area (Å²) in [7, 11) is 0. The minimum Gasteiger partial charge on any atom is -0.486 e. The summed E-state index contributed by atoms with van der Waals surface area (Å²) in [5.41, 5.74) is 2.43. The topological polar surface area (TPSA) is 59.8 Å². The van der Waals surface area contributed by atoms with Gasteiger partial charge in [0.05, 0.1) is 0 Å². The number of benzene rings is 1. The number of carbonyl (C=O) groups is 1. The highest BCUT2D eigenvalue weighted by Gasteiger charge is 2.31. The fourth-order valence-electron chi connectivity index (χ4n) is 4.66. The summed E-state index contributed by atoms with van der Waals surface area (Å²) in [5, 5.41) is 0. The van der Waals surface area contributed by atoms with Gasteiger partial charge in [0.2, 0.25) is 5.91 Å². The van der Waals surface area contributed by atoms with Gasteiger partial charge in [-0.1, -0.05) is 6.07 Å². The molecule has 0 N–H and O–H groups in total. The zero-order valence-corrected chi connectivity index (χ0v) is 17.0. The quantitative estimate of drug-likeness (QED) is 0.793. The summed E-state index contributed by atoms with van der Waals surface area (Å²) in [5.74, 6) is 3.14. The van der Waals surface area contributed by atoms with Gasteiger partial charge in [0.25, 0.3) is 0 Å². The Bertz CT molecular complexity index is 901. The van der Waals surface area contributed by atoms with Crippen molar-refractivity contribution in [1.29, 1.82) is 0 Å². The van der Waals surface area contributed by atoms with Gasteiger partial charge in [-0.3, -0.25) is 9.69 Å². The molecule has 3 aliphatic rings. The Balaban J connectivity index is 1.15. The number of piperazine rings is 1. The number of imidazole rings is 1. The van der Waals surface area contributed by atoms with Crippen LogP contribution in [0.5, 0.6) is 11.5 Å². The summed E-state index contributed by atoms with van der Waals surface area (Å²) in [4.78, 5) is 21.9. The van der Waals surface area contributed by atoms with E-state index in [-0.39, 0.29) is 5.92 Å². The maximum atomic E-state index is 13.0. The van der Waals surface area contributed by atoms with Crippen molar-refractivity contribution in [2.24, 2.45) is 5.92 Å². The normalized spacial score (nSPS) is 21.7. The van der Waals surface area contributed by atoms with E-state index in [1.165, 1.54) is 11.3 Å². The summed E-state index contributed by atoms with van der Waals surface area (Å²) >= 11 is 0. The smallest absolute Gasteiger partial charge is 0.226 e. The van der Waals surface area contributed by atoms with Crippen LogP contribution in [0.25, 0.3) is 0 Å². The molecule has 0 spiro atoms. The number of rotatable bonds is 3. The van der Waals surface area contributed by atoms with Gasteiger partial charge in [0.1, 0.15) is 19.0 Å². The van der Waals surface area contributed by atoms with Gasteiger partial charge in [-0.25, -0.2) is 4.98 Å². The number of carbonyl (C=O) groups excluding carboxylic acids is 1. The highest BCUT2D eigenvalue weighted by molar-refractivity contribution is 5.79. The average Bonchev–Trinajstić information content (AvgIpc) is 3.14. The molecular formula is C22H28N4O3. The number of amides is 1. The highest BCUT2D eigenvalue weighted by atomic mass is 16.6. The monoisotopic (exact) mass is 396 g/mol. The summed E-state index contributed by atoms with van der Waals surface area (Å²) < 4.78 is 13.5. The largest absolute Gasteiger partial charge is 0.486 e. The number of fused-ring (bicyclic) bond motifs is 2. The number of hydrogen-bond donors (Lipinski definition) is 0. The van der Waals surface area contributed by atoms with Crippen molar-refractivity contribution in [1.82, 2.24) is 19.4 Å². The SMILES string of the molecule is Cc1ncc2n1CCC(C(=O)N1CCN(Cc3ccc4c(c3)OCCO4)CC1)C2. The molecule has 0 radical (unpaired) electrons. The van der Waals surface area contributed by atoms with Gasteiger partial charge in [-0.2, -0.15) is 0 Å². The van der Waals surface area contributed by atoms with Crippen molar-refractivity contribution in [2.45, 2.75) is 32.9 Å². The molecule has 3 aliphatic heterocycles. The average molecular weight is 396 g/mol. The lowest BCUT2D eigenvalue weighted by molar-refractivity contribution is -0.138. The van der Waals surface area contributed by atoms with Crippen LogP contribution in [0.2, 0.25) is 0 Å². The Kier molecular flexibility index (Phi) is 4.91. The third kappa shape index (κ3) is 3.71. The van der Waals surface area contributed by atoms with E-state index in [0.29, 0.717) is 19.1 Å². The van der Waals surface area contributed by atoms with Gasteiger partial charge in [-0.05, 0) is 31.0 Å². The lowest BCUT2D eigenvalue weighted by atomic mass is 9.94. The molecule has 1 aromatic carbocycles. The molecule has 1 amide bonds. The predicted octanol–water partition coefficient (Wildman–Crippen LogP) is 1.87. The minimum atomic E-state index is 0.0999. The molecule has 154 valence electrons. The van der Waals surface area contributed by atoms with E-state index >= 15 is 0 Å². The van der Waals surface area contributed by atoms with E-state index in [1.807, 2.05) is 19.2 Å². The van der Waals surface area contributed by atoms with E-state index in [2.05, 4.69) is 31.5 Å².